The molecule has 0 saturated carbocycles. The Hall–Kier alpha value is -1.96. The number of para-hydroxylation sites is 1. The zero-order valence-electron chi connectivity index (χ0n) is 16.8. The number of aliphatic hydroxyl groups is 1. The topological polar surface area (TPSA) is 70.8 Å². The zero-order chi connectivity index (χ0) is 19.8. The van der Waals surface area contributed by atoms with Gasteiger partial charge in [0.2, 0.25) is 5.91 Å². The maximum atomic E-state index is 13.0. The van der Waals surface area contributed by atoms with Crippen molar-refractivity contribution >= 4 is 16.8 Å². The molecule has 2 aliphatic heterocycles. The lowest BCUT2D eigenvalue weighted by Crippen LogP contribution is -2.63. The number of piperidine rings is 1. The molecular formula is C21H30N4O3. The van der Waals surface area contributed by atoms with Crippen LogP contribution in [0.25, 0.3) is 10.9 Å². The molecule has 1 amide bonds. The van der Waals surface area contributed by atoms with E-state index in [1.807, 2.05) is 29.2 Å². The van der Waals surface area contributed by atoms with E-state index in [-0.39, 0.29) is 17.9 Å². The zero-order valence-corrected chi connectivity index (χ0v) is 16.8. The van der Waals surface area contributed by atoms with Crippen LogP contribution in [0.1, 0.15) is 20.3 Å². The summed E-state index contributed by atoms with van der Waals surface area (Å²) in [4.78, 5) is 17.1. The number of amides is 1. The van der Waals surface area contributed by atoms with Gasteiger partial charge in [0, 0.05) is 43.5 Å². The Morgan fingerprint density at radius 3 is 2.71 bits per heavy atom. The number of hydrogen-bond donors (Lipinski definition) is 1. The molecule has 0 aliphatic carbocycles. The summed E-state index contributed by atoms with van der Waals surface area (Å²) < 4.78 is 7.18. The Morgan fingerprint density at radius 1 is 1.21 bits per heavy atom. The molecule has 0 spiro atoms. The van der Waals surface area contributed by atoms with E-state index >= 15 is 0 Å². The highest BCUT2D eigenvalue weighted by molar-refractivity contribution is 5.82. The van der Waals surface area contributed by atoms with E-state index in [0.717, 1.165) is 37.2 Å². The highest BCUT2D eigenvalue weighted by Gasteiger charge is 2.49. The molecule has 3 heterocycles. The molecule has 1 aromatic heterocycles. The highest BCUT2D eigenvalue weighted by atomic mass is 16.5. The number of morpholine rings is 1. The van der Waals surface area contributed by atoms with Crippen LogP contribution in [0.4, 0.5) is 0 Å². The van der Waals surface area contributed by atoms with Crippen molar-refractivity contribution in [2.24, 2.45) is 5.41 Å². The fraction of sp³-hybridized carbons (Fsp3) is 0.619. The number of β-amino-alcohol motifs (C(OH)–C–C–N with tert-alkyl or cyclic N) is 1. The van der Waals surface area contributed by atoms with E-state index in [4.69, 9.17) is 4.74 Å². The first-order valence-electron chi connectivity index (χ1n) is 10.1. The van der Waals surface area contributed by atoms with E-state index in [9.17, 15) is 9.90 Å². The fourth-order valence-electron chi connectivity index (χ4n) is 4.38. The fourth-order valence-corrected chi connectivity index (χ4v) is 4.38. The van der Waals surface area contributed by atoms with E-state index in [2.05, 4.69) is 23.8 Å². The Kier molecular flexibility index (Phi) is 5.16. The van der Waals surface area contributed by atoms with Crippen LogP contribution in [-0.2, 0) is 16.1 Å². The largest absolute Gasteiger partial charge is 0.388 e. The van der Waals surface area contributed by atoms with Crippen molar-refractivity contribution in [2.75, 3.05) is 45.9 Å². The van der Waals surface area contributed by atoms with Crippen LogP contribution in [0.15, 0.2) is 30.5 Å². The lowest BCUT2D eigenvalue weighted by Gasteiger charge is -2.52. The molecule has 7 nitrogen and oxygen atoms in total. The predicted octanol–water partition coefficient (Wildman–Crippen LogP) is 1.36. The van der Waals surface area contributed by atoms with Gasteiger partial charge in [-0.05, 0) is 12.5 Å². The minimum Gasteiger partial charge on any atom is -0.388 e. The number of likely N-dealkylation sites (tertiary alicyclic amines) is 1. The van der Waals surface area contributed by atoms with Crippen LogP contribution in [0, 0.1) is 5.41 Å². The van der Waals surface area contributed by atoms with E-state index in [0.29, 0.717) is 26.1 Å². The summed E-state index contributed by atoms with van der Waals surface area (Å²) in [5.41, 5.74) is -0.221. The monoisotopic (exact) mass is 386 g/mol. The van der Waals surface area contributed by atoms with Gasteiger partial charge in [-0.1, -0.05) is 32.0 Å². The molecule has 0 bridgehead atoms. The molecule has 0 radical (unpaired) electrons. The van der Waals surface area contributed by atoms with Gasteiger partial charge in [-0.15, -0.1) is 0 Å². The number of fused-ring (bicyclic) bond motifs is 1. The van der Waals surface area contributed by atoms with E-state index in [1.165, 1.54) is 0 Å². The number of rotatable bonds is 4. The Morgan fingerprint density at radius 2 is 1.96 bits per heavy atom. The first-order valence-corrected chi connectivity index (χ1v) is 10.1. The molecule has 2 aromatic rings. The molecule has 7 heteroatoms. The van der Waals surface area contributed by atoms with Crippen LogP contribution >= 0.6 is 0 Å². The summed E-state index contributed by atoms with van der Waals surface area (Å²) in [5.74, 6) is 0.0513. The van der Waals surface area contributed by atoms with E-state index < -0.39 is 5.60 Å². The molecule has 2 aliphatic rings. The Balaban J connectivity index is 1.42. The summed E-state index contributed by atoms with van der Waals surface area (Å²) >= 11 is 0. The minimum absolute atomic E-state index is 0.0513. The number of hydrogen-bond acceptors (Lipinski definition) is 5. The minimum atomic E-state index is -0.806. The normalized spacial score (nSPS) is 25.9. The van der Waals surface area contributed by atoms with Crippen molar-refractivity contribution in [3.05, 3.63) is 30.5 Å². The summed E-state index contributed by atoms with van der Waals surface area (Å²) in [7, 11) is 0. The van der Waals surface area contributed by atoms with Gasteiger partial charge in [0.1, 0.15) is 6.54 Å². The second-order valence-corrected chi connectivity index (χ2v) is 8.73. The van der Waals surface area contributed by atoms with Crippen molar-refractivity contribution in [3.63, 3.8) is 0 Å². The van der Waals surface area contributed by atoms with Gasteiger partial charge < -0.3 is 14.7 Å². The average Bonchev–Trinajstić information content (AvgIpc) is 3.08. The molecule has 4 rings (SSSR count). The molecule has 2 saturated heterocycles. The number of carbonyl (C=O) groups excluding carboxylic acids is 1. The maximum absolute atomic E-state index is 13.0. The summed E-state index contributed by atoms with van der Waals surface area (Å²) in [5, 5.41) is 16.8. The van der Waals surface area contributed by atoms with Crippen LogP contribution in [-0.4, -0.2) is 82.1 Å². The smallest absolute Gasteiger partial charge is 0.244 e. The Labute approximate surface area is 165 Å². The SMILES string of the molecule is CC1(C)CN(C(=O)Cn2ncc3ccccc32)CC[C@@]1(O)CN1CCOCC1. The number of carbonyl (C=O) groups is 1. The van der Waals surface area contributed by atoms with Crippen molar-refractivity contribution in [2.45, 2.75) is 32.4 Å². The molecule has 152 valence electrons. The third-order valence-electron chi connectivity index (χ3n) is 6.42. The predicted molar refractivity (Wildman–Crippen MR) is 107 cm³/mol. The van der Waals surface area contributed by atoms with Crippen molar-refractivity contribution < 1.29 is 14.6 Å². The molecule has 2 fully saturated rings. The van der Waals surface area contributed by atoms with Gasteiger partial charge in [-0.2, -0.15) is 5.10 Å². The Bertz CT molecular complexity index is 843. The third-order valence-corrected chi connectivity index (χ3v) is 6.42. The maximum Gasteiger partial charge on any atom is 0.244 e. The average molecular weight is 386 g/mol. The molecular weight excluding hydrogens is 356 g/mol. The molecule has 28 heavy (non-hydrogen) atoms. The van der Waals surface area contributed by atoms with Gasteiger partial charge in [-0.3, -0.25) is 14.4 Å². The van der Waals surface area contributed by atoms with Crippen LogP contribution in [0.2, 0.25) is 0 Å². The van der Waals surface area contributed by atoms with Crippen LogP contribution < -0.4 is 0 Å². The molecule has 1 aromatic carbocycles. The molecule has 1 atom stereocenters. The van der Waals surface area contributed by atoms with Crippen molar-refractivity contribution in [3.8, 4) is 0 Å². The van der Waals surface area contributed by atoms with Gasteiger partial charge in [0.25, 0.3) is 0 Å². The quantitative estimate of drug-likeness (QED) is 0.859. The number of nitrogens with zero attached hydrogens (tertiary/aromatic N) is 4. The van der Waals surface area contributed by atoms with Crippen LogP contribution in [0.5, 0.6) is 0 Å². The van der Waals surface area contributed by atoms with Gasteiger partial charge >= 0.3 is 0 Å². The lowest BCUT2D eigenvalue weighted by molar-refractivity contribution is -0.158. The van der Waals surface area contributed by atoms with E-state index in [1.54, 1.807) is 10.9 Å². The number of benzene rings is 1. The summed E-state index contributed by atoms with van der Waals surface area (Å²) in [6.07, 6.45) is 2.38. The number of ether oxygens (including phenoxy) is 1. The van der Waals surface area contributed by atoms with Crippen molar-refractivity contribution in [1.82, 2.24) is 19.6 Å². The van der Waals surface area contributed by atoms with Crippen molar-refractivity contribution in [1.29, 1.82) is 0 Å². The lowest BCUT2D eigenvalue weighted by atomic mass is 9.69. The molecule has 0 unspecified atom stereocenters. The second kappa shape index (κ2) is 7.46. The van der Waals surface area contributed by atoms with Gasteiger partial charge in [0.15, 0.2) is 0 Å². The number of aromatic nitrogens is 2. The highest BCUT2D eigenvalue weighted by Crippen LogP contribution is 2.39. The molecule has 1 N–H and O–H groups in total. The first-order chi connectivity index (χ1) is 13.4. The van der Waals surface area contributed by atoms with Gasteiger partial charge in [-0.25, -0.2) is 0 Å². The van der Waals surface area contributed by atoms with Crippen LogP contribution in [0.3, 0.4) is 0 Å². The third kappa shape index (κ3) is 3.66. The second-order valence-electron chi connectivity index (χ2n) is 8.73. The summed E-state index contributed by atoms with van der Waals surface area (Å²) in [6.45, 7) is 9.26. The summed E-state index contributed by atoms with van der Waals surface area (Å²) in [6, 6.07) is 7.91. The van der Waals surface area contributed by atoms with Gasteiger partial charge in [0.05, 0.1) is 30.5 Å². The standard InChI is InChI=1S/C21H30N4O3/c1-20(2)15-24(8-7-21(20,27)16-23-9-11-28-12-10-23)19(26)14-25-18-6-4-3-5-17(18)13-22-25/h3-6,13,27H,7-12,14-16H2,1-2H3/t21-/m1/s1. The first kappa shape index (κ1) is 19.4.